The molecule has 0 spiro atoms. The van der Waals surface area contributed by atoms with E-state index in [1.165, 1.54) is 0 Å². The van der Waals surface area contributed by atoms with Crippen molar-refractivity contribution >= 4 is 29.3 Å². The van der Waals surface area contributed by atoms with Crippen LogP contribution >= 0.6 is 11.8 Å². The number of hydrogen-bond donors (Lipinski definition) is 1. The minimum absolute atomic E-state index is 0.0141. The van der Waals surface area contributed by atoms with E-state index in [0.717, 1.165) is 23.0 Å². The van der Waals surface area contributed by atoms with Gasteiger partial charge in [0.15, 0.2) is 0 Å². The Bertz CT molecular complexity index is 883. The summed E-state index contributed by atoms with van der Waals surface area (Å²) in [5, 5.41) is 3.35. The van der Waals surface area contributed by atoms with Gasteiger partial charge in [-0.05, 0) is 24.5 Å². The number of carbonyl (C=O) groups is 2. The van der Waals surface area contributed by atoms with Crippen LogP contribution in [0.3, 0.4) is 0 Å². The van der Waals surface area contributed by atoms with E-state index in [4.69, 9.17) is 0 Å². The number of aromatic nitrogens is 2. The van der Waals surface area contributed by atoms with Crippen LogP contribution in [0.2, 0.25) is 0 Å². The lowest BCUT2D eigenvalue weighted by Crippen LogP contribution is -2.51. The fraction of sp³-hybridized carbons (Fsp3) is 0.450. The summed E-state index contributed by atoms with van der Waals surface area (Å²) < 4.78 is 1.96. The fourth-order valence-corrected chi connectivity index (χ4v) is 4.49. The van der Waals surface area contributed by atoms with Gasteiger partial charge in [0.25, 0.3) is 0 Å². The van der Waals surface area contributed by atoms with Crippen molar-refractivity contribution in [1.82, 2.24) is 19.8 Å². The molecule has 2 aromatic rings. The van der Waals surface area contributed by atoms with E-state index < -0.39 is 0 Å². The highest BCUT2D eigenvalue weighted by Gasteiger charge is 2.40. The van der Waals surface area contributed by atoms with Crippen molar-refractivity contribution in [2.24, 2.45) is 13.0 Å². The third-order valence-electron chi connectivity index (χ3n) is 5.52. The van der Waals surface area contributed by atoms with Crippen LogP contribution < -0.4 is 10.2 Å². The maximum atomic E-state index is 13.3. The van der Waals surface area contributed by atoms with Gasteiger partial charge < -0.3 is 19.7 Å². The summed E-state index contributed by atoms with van der Waals surface area (Å²) in [5.74, 6) is 0.618. The highest BCUT2D eigenvalue weighted by molar-refractivity contribution is 7.98. The van der Waals surface area contributed by atoms with Gasteiger partial charge in [0.2, 0.25) is 11.8 Å². The van der Waals surface area contributed by atoms with Crippen molar-refractivity contribution in [2.75, 3.05) is 37.3 Å². The molecule has 1 aromatic carbocycles. The molecule has 7 nitrogen and oxygen atoms in total. The van der Waals surface area contributed by atoms with Crippen LogP contribution in [-0.2, 0) is 16.6 Å². The number of aryl methyl sites for hydroxylation is 1. The average molecular weight is 400 g/mol. The second kappa shape index (κ2) is 7.97. The zero-order chi connectivity index (χ0) is 19.7. The van der Waals surface area contributed by atoms with Gasteiger partial charge in [-0.1, -0.05) is 6.07 Å². The Morgan fingerprint density at radius 1 is 1.36 bits per heavy atom. The first-order chi connectivity index (χ1) is 13.6. The molecule has 2 unspecified atom stereocenters. The second-order valence-corrected chi connectivity index (χ2v) is 8.13. The van der Waals surface area contributed by atoms with Crippen molar-refractivity contribution in [2.45, 2.75) is 17.4 Å². The summed E-state index contributed by atoms with van der Waals surface area (Å²) in [5.41, 5.74) is 0.869. The molecule has 3 heterocycles. The van der Waals surface area contributed by atoms with Gasteiger partial charge in [0.05, 0.1) is 5.92 Å². The molecular weight excluding hydrogens is 374 g/mol. The molecule has 8 heteroatoms. The first-order valence-electron chi connectivity index (χ1n) is 9.51. The normalized spacial score (nSPS) is 22.7. The molecule has 2 aliphatic rings. The number of benzene rings is 1. The molecule has 0 aliphatic carbocycles. The van der Waals surface area contributed by atoms with E-state index in [1.807, 2.05) is 53.2 Å². The van der Waals surface area contributed by atoms with Gasteiger partial charge in [0, 0.05) is 62.6 Å². The lowest BCUT2D eigenvalue weighted by atomic mass is 10.0. The van der Waals surface area contributed by atoms with Gasteiger partial charge in [-0.15, -0.1) is 11.8 Å². The third-order valence-corrected chi connectivity index (χ3v) is 6.25. The van der Waals surface area contributed by atoms with Crippen LogP contribution in [0.4, 0.5) is 5.69 Å². The standard InChI is InChI=1S/C20H25N5O2S/c1-23-8-7-22-19(23)17-12-21-6-9-24(17)20(27)14-10-18(26)25(13-14)15-4-3-5-16(11-15)28-2/h3-5,7-8,11,14,17,21H,6,9-10,12-13H2,1-2H3. The summed E-state index contributed by atoms with van der Waals surface area (Å²) in [6.07, 6.45) is 5.93. The summed E-state index contributed by atoms with van der Waals surface area (Å²) in [6, 6.07) is 7.82. The molecule has 148 valence electrons. The van der Waals surface area contributed by atoms with Crippen molar-refractivity contribution in [3.05, 3.63) is 42.5 Å². The SMILES string of the molecule is CSc1cccc(N2CC(C(=O)N3CCNCC3c3nccn3C)CC2=O)c1. The quantitative estimate of drug-likeness (QED) is 0.792. The van der Waals surface area contributed by atoms with Gasteiger partial charge in [-0.2, -0.15) is 0 Å². The number of piperazine rings is 1. The predicted octanol–water partition coefficient (Wildman–Crippen LogP) is 1.67. The number of nitrogens with one attached hydrogen (secondary N) is 1. The Kier molecular flexibility index (Phi) is 5.41. The summed E-state index contributed by atoms with van der Waals surface area (Å²) in [6.45, 7) is 2.50. The second-order valence-electron chi connectivity index (χ2n) is 7.25. The summed E-state index contributed by atoms with van der Waals surface area (Å²) in [7, 11) is 1.94. The molecule has 2 fully saturated rings. The lowest BCUT2D eigenvalue weighted by Gasteiger charge is -2.37. The first-order valence-corrected chi connectivity index (χ1v) is 10.7. The molecule has 1 N–H and O–H groups in total. The highest BCUT2D eigenvalue weighted by atomic mass is 32.2. The molecular formula is C20H25N5O2S. The average Bonchev–Trinajstić information content (AvgIpc) is 3.33. The summed E-state index contributed by atoms with van der Waals surface area (Å²) in [4.78, 5) is 35.2. The number of hydrogen-bond acceptors (Lipinski definition) is 5. The van der Waals surface area contributed by atoms with Crippen LogP contribution in [0.5, 0.6) is 0 Å². The number of imidazole rings is 1. The van der Waals surface area contributed by atoms with Crippen LogP contribution in [0.15, 0.2) is 41.6 Å². The highest BCUT2D eigenvalue weighted by Crippen LogP contribution is 2.31. The number of amides is 2. The maximum absolute atomic E-state index is 13.3. The lowest BCUT2D eigenvalue weighted by molar-refractivity contribution is -0.139. The molecule has 2 atom stereocenters. The Labute approximate surface area is 169 Å². The zero-order valence-electron chi connectivity index (χ0n) is 16.2. The van der Waals surface area contributed by atoms with Crippen LogP contribution in [0, 0.1) is 5.92 Å². The molecule has 0 radical (unpaired) electrons. The van der Waals surface area contributed by atoms with Gasteiger partial charge in [-0.25, -0.2) is 4.98 Å². The minimum atomic E-state index is -0.314. The van der Waals surface area contributed by atoms with Gasteiger partial charge in [0.1, 0.15) is 11.9 Å². The fourth-order valence-electron chi connectivity index (χ4n) is 4.03. The van der Waals surface area contributed by atoms with Crippen molar-refractivity contribution < 1.29 is 9.59 Å². The van der Waals surface area contributed by atoms with Crippen LogP contribution in [0.1, 0.15) is 18.3 Å². The monoisotopic (exact) mass is 399 g/mol. The molecule has 28 heavy (non-hydrogen) atoms. The largest absolute Gasteiger partial charge is 0.336 e. The van der Waals surface area contributed by atoms with E-state index in [2.05, 4.69) is 10.3 Å². The van der Waals surface area contributed by atoms with Crippen LogP contribution in [0.25, 0.3) is 0 Å². The van der Waals surface area contributed by atoms with E-state index in [-0.39, 0.29) is 30.2 Å². The van der Waals surface area contributed by atoms with Crippen molar-refractivity contribution in [3.8, 4) is 0 Å². The Hall–Kier alpha value is -2.32. The molecule has 4 rings (SSSR count). The van der Waals surface area contributed by atoms with E-state index in [9.17, 15) is 9.59 Å². The number of carbonyl (C=O) groups excluding carboxylic acids is 2. The smallest absolute Gasteiger partial charge is 0.228 e. The third kappa shape index (κ3) is 3.54. The molecule has 2 amide bonds. The van der Waals surface area contributed by atoms with E-state index in [0.29, 0.717) is 19.6 Å². The molecule has 0 bridgehead atoms. The van der Waals surface area contributed by atoms with Crippen molar-refractivity contribution in [1.29, 1.82) is 0 Å². The molecule has 2 aliphatic heterocycles. The Morgan fingerprint density at radius 2 is 2.21 bits per heavy atom. The zero-order valence-corrected chi connectivity index (χ0v) is 17.0. The van der Waals surface area contributed by atoms with Crippen molar-refractivity contribution in [3.63, 3.8) is 0 Å². The number of rotatable bonds is 4. The molecule has 2 saturated heterocycles. The Morgan fingerprint density at radius 3 is 2.96 bits per heavy atom. The first kappa shape index (κ1) is 19.0. The van der Waals surface area contributed by atoms with Crippen LogP contribution in [-0.4, -0.2) is 58.7 Å². The summed E-state index contributed by atoms with van der Waals surface area (Å²) >= 11 is 1.64. The molecule has 1 aromatic heterocycles. The molecule has 0 saturated carbocycles. The van der Waals surface area contributed by atoms with Gasteiger partial charge in [-0.3, -0.25) is 9.59 Å². The van der Waals surface area contributed by atoms with E-state index in [1.54, 1.807) is 22.9 Å². The topological polar surface area (TPSA) is 70.5 Å². The number of thioether (sulfide) groups is 1. The predicted molar refractivity (Wildman–Crippen MR) is 109 cm³/mol. The van der Waals surface area contributed by atoms with E-state index >= 15 is 0 Å². The van der Waals surface area contributed by atoms with Gasteiger partial charge >= 0.3 is 0 Å². The maximum Gasteiger partial charge on any atom is 0.228 e. The Balaban J connectivity index is 1.53. The number of nitrogens with zero attached hydrogens (tertiary/aromatic N) is 4. The number of anilines is 1. The minimum Gasteiger partial charge on any atom is -0.336 e.